The van der Waals surface area contributed by atoms with Gasteiger partial charge in [-0.2, -0.15) is 4.98 Å². The third kappa shape index (κ3) is 3.56. The monoisotopic (exact) mass is 315 g/mol. The fraction of sp³-hybridized carbons (Fsp3) is 0.375. The highest BCUT2D eigenvalue weighted by molar-refractivity contribution is 6.06. The van der Waals surface area contributed by atoms with Crippen molar-refractivity contribution in [2.75, 3.05) is 29.4 Å². The topological polar surface area (TPSA) is 82.5 Å². The van der Waals surface area contributed by atoms with Crippen molar-refractivity contribution in [2.45, 2.75) is 20.8 Å². The van der Waals surface area contributed by atoms with Crippen molar-refractivity contribution in [2.24, 2.45) is 0 Å². The Bertz CT molecular complexity index is 659. The Kier molecular flexibility index (Phi) is 5.46. The van der Waals surface area contributed by atoms with E-state index in [0.717, 1.165) is 13.1 Å². The predicted molar refractivity (Wildman–Crippen MR) is 88.8 cm³/mol. The SMILES string of the molecule is CCN(CC)c1ncc(N(CC)C(=O)c2ccncc2)c(O)n1. The maximum absolute atomic E-state index is 12.6. The predicted octanol–water partition coefficient (Wildman–Crippen LogP) is 2.09. The molecule has 1 amide bonds. The number of anilines is 2. The first kappa shape index (κ1) is 16.7. The lowest BCUT2D eigenvalue weighted by atomic mass is 10.2. The summed E-state index contributed by atoms with van der Waals surface area (Å²) in [7, 11) is 0. The molecule has 122 valence electrons. The molecule has 2 aromatic rings. The molecule has 0 saturated carbocycles. The minimum Gasteiger partial charge on any atom is -0.492 e. The highest BCUT2D eigenvalue weighted by atomic mass is 16.3. The number of hydrogen-bond donors (Lipinski definition) is 1. The molecule has 0 aliphatic heterocycles. The quantitative estimate of drug-likeness (QED) is 0.879. The maximum Gasteiger partial charge on any atom is 0.258 e. The van der Waals surface area contributed by atoms with Gasteiger partial charge in [0.1, 0.15) is 5.69 Å². The Morgan fingerprint density at radius 3 is 2.30 bits per heavy atom. The first-order valence-corrected chi connectivity index (χ1v) is 7.65. The summed E-state index contributed by atoms with van der Waals surface area (Å²) in [5, 5.41) is 10.2. The number of aromatic nitrogens is 3. The van der Waals surface area contributed by atoms with Crippen LogP contribution in [0.3, 0.4) is 0 Å². The number of hydrogen-bond acceptors (Lipinski definition) is 6. The molecule has 2 rings (SSSR count). The molecule has 0 unspecified atom stereocenters. The summed E-state index contributed by atoms with van der Waals surface area (Å²) in [4.78, 5) is 28.2. The van der Waals surface area contributed by atoms with E-state index in [-0.39, 0.29) is 11.8 Å². The van der Waals surface area contributed by atoms with E-state index in [1.54, 1.807) is 24.5 Å². The van der Waals surface area contributed by atoms with Crippen molar-refractivity contribution >= 4 is 17.5 Å². The maximum atomic E-state index is 12.6. The average molecular weight is 315 g/mol. The lowest BCUT2D eigenvalue weighted by Crippen LogP contribution is -2.31. The molecule has 0 fully saturated rings. The molecule has 7 nitrogen and oxygen atoms in total. The molecule has 0 spiro atoms. The van der Waals surface area contributed by atoms with Crippen molar-refractivity contribution in [3.63, 3.8) is 0 Å². The summed E-state index contributed by atoms with van der Waals surface area (Å²) in [5.41, 5.74) is 0.791. The van der Waals surface area contributed by atoms with Gasteiger partial charge < -0.3 is 14.9 Å². The summed E-state index contributed by atoms with van der Waals surface area (Å²) in [6, 6.07) is 3.26. The van der Waals surface area contributed by atoms with E-state index >= 15 is 0 Å². The molecular weight excluding hydrogens is 294 g/mol. The zero-order chi connectivity index (χ0) is 16.8. The molecule has 0 saturated heterocycles. The van der Waals surface area contributed by atoms with Crippen LogP contribution in [-0.4, -0.2) is 45.6 Å². The Morgan fingerprint density at radius 1 is 1.13 bits per heavy atom. The number of aromatic hydroxyl groups is 1. The van der Waals surface area contributed by atoms with E-state index in [2.05, 4.69) is 15.0 Å². The van der Waals surface area contributed by atoms with Crippen molar-refractivity contribution < 1.29 is 9.90 Å². The minimum absolute atomic E-state index is 0.203. The van der Waals surface area contributed by atoms with Gasteiger partial charge >= 0.3 is 0 Å². The molecular formula is C16H21N5O2. The third-order valence-corrected chi connectivity index (χ3v) is 3.56. The average Bonchev–Trinajstić information content (AvgIpc) is 2.59. The van der Waals surface area contributed by atoms with Gasteiger partial charge in [-0.3, -0.25) is 9.78 Å². The molecule has 0 atom stereocenters. The van der Waals surface area contributed by atoms with Crippen LogP contribution in [0.25, 0.3) is 0 Å². The van der Waals surface area contributed by atoms with Crippen LogP contribution in [0.5, 0.6) is 5.88 Å². The molecule has 0 aliphatic carbocycles. The van der Waals surface area contributed by atoms with E-state index in [0.29, 0.717) is 23.7 Å². The van der Waals surface area contributed by atoms with Crippen molar-refractivity contribution in [1.29, 1.82) is 0 Å². The molecule has 7 heteroatoms. The number of amides is 1. The van der Waals surface area contributed by atoms with Gasteiger partial charge in [0, 0.05) is 37.6 Å². The lowest BCUT2D eigenvalue weighted by molar-refractivity contribution is 0.0987. The highest BCUT2D eigenvalue weighted by Gasteiger charge is 2.21. The second-order valence-corrected chi connectivity index (χ2v) is 4.84. The minimum atomic E-state index is -0.232. The molecule has 0 aromatic carbocycles. The van der Waals surface area contributed by atoms with Gasteiger partial charge in [0.15, 0.2) is 0 Å². The van der Waals surface area contributed by atoms with Gasteiger partial charge in [0.05, 0.1) is 6.20 Å². The van der Waals surface area contributed by atoms with Crippen LogP contribution in [0.4, 0.5) is 11.6 Å². The fourth-order valence-electron chi connectivity index (χ4n) is 2.28. The molecule has 0 radical (unpaired) electrons. The van der Waals surface area contributed by atoms with Gasteiger partial charge in [-0.1, -0.05) is 0 Å². The van der Waals surface area contributed by atoms with E-state index in [1.165, 1.54) is 11.1 Å². The summed E-state index contributed by atoms with van der Waals surface area (Å²) in [6.07, 6.45) is 4.60. The highest BCUT2D eigenvalue weighted by Crippen LogP contribution is 2.27. The number of pyridine rings is 1. The van der Waals surface area contributed by atoms with Crippen LogP contribution in [0.15, 0.2) is 30.7 Å². The number of nitrogens with zero attached hydrogens (tertiary/aromatic N) is 5. The fourth-order valence-corrected chi connectivity index (χ4v) is 2.28. The first-order valence-electron chi connectivity index (χ1n) is 7.65. The molecule has 2 heterocycles. The second-order valence-electron chi connectivity index (χ2n) is 4.84. The van der Waals surface area contributed by atoms with E-state index < -0.39 is 0 Å². The Morgan fingerprint density at radius 2 is 1.78 bits per heavy atom. The summed E-state index contributed by atoms with van der Waals surface area (Å²) in [5.74, 6) is 0.0132. The molecule has 2 aromatic heterocycles. The second kappa shape index (κ2) is 7.53. The van der Waals surface area contributed by atoms with Crippen LogP contribution < -0.4 is 9.80 Å². The van der Waals surface area contributed by atoms with Gasteiger partial charge in [0.25, 0.3) is 5.91 Å². The van der Waals surface area contributed by atoms with Crippen LogP contribution in [0, 0.1) is 0 Å². The number of carbonyl (C=O) groups is 1. The van der Waals surface area contributed by atoms with E-state index in [9.17, 15) is 9.90 Å². The van der Waals surface area contributed by atoms with E-state index in [4.69, 9.17) is 0 Å². The Balaban J connectivity index is 2.33. The van der Waals surface area contributed by atoms with Gasteiger partial charge in [0.2, 0.25) is 11.8 Å². The normalized spacial score (nSPS) is 10.4. The summed E-state index contributed by atoms with van der Waals surface area (Å²) in [6.45, 7) is 7.68. The molecule has 23 heavy (non-hydrogen) atoms. The Hall–Kier alpha value is -2.70. The molecule has 0 aliphatic rings. The van der Waals surface area contributed by atoms with Gasteiger partial charge in [-0.05, 0) is 32.9 Å². The summed E-state index contributed by atoms with van der Waals surface area (Å²) >= 11 is 0. The lowest BCUT2D eigenvalue weighted by Gasteiger charge is -2.23. The zero-order valence-corrected chi connectivity index (χ0v) is 13.6. The molecule has 0 bridgehead atoms. The van der Waals surface area contributed by atoms with Gasteiger partial charge in [-0.25, -0.2) is 4.98 Å². The smallest absolute Gasteiger partial charge is 0.258 e. The Labute approximate surface area is 135 Å². The van der Waals surface area contributed by atoms with Crippen molar-refractivity contribution in [3.8, 4) is 5.88 Å². The van der Waals surface area contributed by atoms with Gasteiger partial charge in [-0.15, -0.1) is 0 Å². The summed E-state index contributed by atoms with van der Waals surface area (Å²) < 4.78 is 0. The molecule has 1 N–H and O–H groups in total. The largest absolute Gasteiger partial charge is 0.492 e. The van der Waals surface area contributed by atoms with Crippen molar-refractivity contribution in [1.82, 2.24) is 15.0 Å². The van der Waals surface area contributed by atoms with Crippen LogP contribution in [-0.2, 0) is 0 Å². The number of carbonyl (C=O) groups excluding carboxylic acids is 1. The standard InChI is InChI=1S/C16H21N5O2/c1-4-20(5-2)16-18-11-13(14(22)19-16)21(6-3)15(23)12-7-9-17-10-8-12/h7-11H,4-6H2,1-3H3,(H,18,19,22). The zero-order valence-electron chi connectivity index (χ0n) is 13.6. The van der Waals surface area contributed by atoms with Crippen LogP contribution >= 0.6 is 0 Å². The third-order valence-electron chi connectivity index (χ3n) is 3.56. The van der Waals surface area contributed by atoms with Crippen LogP contribution in [0.1, 0.15) is 31.1 Å². The number of rotatable bonds is 6. The van der Waals surface area contributed by atoms with Crippen molar-refractivity contribution in [3.05, 3.63) is 36.3 Å². The first-order chi connectivity index (χ1) is 11.1. The van der Waals surface area contributed by atoms with Crippen LogP contribution in [0.2, 0.25) is 0 Å². The van der Waals surface area contributed by atoms with E-state index in [1.807, 2.05) is 25.7 Å².